The Hall–Kier alpha value is -1.27. The molecular weight excluding hydrogens is 271 g/mol. The Morgan fingerprint density at radius 1 is 1.39 bits per heavy atom. The quantitative estimate of drug-likeness (QED) is 0.867. The summed E-state index contributed by atoms with van der Waals surface area (Å²) < 4.78 is 42.9. The first-order chi connectivity index (χ1) is 8.11. The number of ketones is 1. The van der Waals surface area contributed by atoms with E-state index >= 15 is 0 Å². The lowest BCUT2D eigenvalue weighted by Gasteiger charge is -2.26. The maximum absolute atomic E-state index is 12.7. The van der Waals surface area contributed by atoms with Crippen molar-refractivity contribution >= 4 is 17.4 Å². The Labute approximate surface area is 107 Å². The Bertz CT molecular complexity index is 472. The molecule has 0 fully saturated rings. The maximum Gasteiger partial charge on any atom is 0.413 e. The molecule has 0 saturated heterocycles. The fraction of sp³-hybridized carbons (Fsp3) is 0.364. The van der Waals surface area contributed by atoms with E-state index in [0.717, 1.165) is 6.07 Å². The predicted octanol–water partition coefficient (Wildman–Crippen LogP) is 2.81. The van der Waals surface area contributed by atoms with Gasteiger partial charge in [0.1, 0.15) is 5.75 Å². The van der Waals surface area contributed by atoms with E-state index in [1.807, 2.05) is 0 Å². The van der Waals surface area contributed by atoms with Crippen LogP contribution in [-0.4, -0.2) is 24.6 Å². The summed E-state index contributed by atoms with van der Waals surface area (Å²) >= 11 is 5.65. The van der Waals surface area contributed by atoms with Gasteiger partial charge in [0.15, 0.2) is 11.3 Å². The number of carbonyl (C=O) groups is 1. The highest BCUT2D eigenvalue weighted by Crippen LogP contribution is 2.34. The third-order valence-corrected chi connectivity index (χ3v) is 2.70. The zero-order valence-electron chi connectivity index (χ0n) is 9.64. The van der Waals surface area contributed by atoms with Gasteiger partial charge in [0.05, 0.1) is 12.7 Å². The van der Waals surface area contributed by atoms with E-state index in [2.05, 4.69) is 0 Å². The number of benzene rings is 1. The molecule has 0 aliphatic carbocycles. The van der Waals surface area contributed by atoms with Crippen LogP contribution in [0.1, 0.15) is 17.3 Å². The van der Waals surface area contributed by atoms with Crippen molar-refractivity contribution in [1.82, 2.24) is 0 Å². The summed E-state index contributed by atoms with van der Waals surface area (Å²) in [4.78, 5) is 11.9. The average molecular weight is 282 g/mol. The fourth-order valence-corrected chi connectivity index (χ4v) is 1.44. The lowest BCUT2D eigenvalue weighted by molar-refractivity contribution is -0.165. The first-order valence-electron chi connectivity index (χ1n) is 4.85. The fourth-order valence-electron chi connectivity index (χ4n) is 1.27. The van der Waals surface area contributed by atoms with Crippen LogP contribution in [0.15, 0.2) is 18.2 Å². The summed E-state index contributed by atoms with van der Waals surface area (Å²) in [5.41, 5.74) is 1.78. The van der Waals surface area contributed by atoms with Crippen molar-refractivity contribution in [1.29, 1.82) is 0 Å². The van der Waals surface area contributed by atoms with Crippen LogP contribution in [0.4, 0.5) is 13.2 Å². The zero-order chi connectivity index (χ0) is 14.1. The molecule has 0 saturated carbocycles. The number of methoxy groups -OCH3 is 1. The van der Waals surface area contributed by atoms with Crippen molar-refractivity contribution < 1.29 is 22.7 Å². The SMILES string of the molecule is COc1ccc(Cl)cc1C(=O)C(C)(N)C(F)(F)F. The summed E-state index contributed by atoms with van der Waals surface area (Å²) in [5, 5.41) is 0.122. The van der Waals surface area contributed by atoms with Crippen LogP contribution in [0.3, 0.4) is 0 Å². The molecule has 0 aliphatic rings. The van der Waals surface area contributed by atoms with E-state index in [-0.39, 0.29) is 16.3 Å². The van der Waals surface area contributed by atoms with Crippen molar-refractivity contribution in [3.05, 3.63) is 28.8 Å². The normalized spacial score (nSPS) is 15.1. The number of hydrogen-bond acceptors (Lipinski definition) is 3. The van der Waals surface area contributed by atoms with Crippen LogP contribution in [-0.2, 0) is 0 Å². The van der Waals surface area contributed by atoms with Crippen molar-refractivity contribution in [2.45, 2.75) is 18.6 Å². The third-order valence-electron chi connectivity index (χ3n) is 2.47. The van der Waals surface area contributed by atoms with Gasteiger partial charge in [-0.25, -0.2) is 0 Å². The van der Waals surface area contributed by atoms with Gasteiger partial charge in [-0.15, -0.1) is 0 Å². The average Bonchev–Trinajstić information content (AvgIpc) is 2.26. The third kappa shape index (κ3) is 2.59. The molecule has 0 amide bonds. The molecule has 1 aromatic rings. The lowest BCUT2D eigenvalue weighted by Crippen LogP contribution is -2.57. The number of halogens is 4. The van der Waals surface area contributed by atoms with Gasteiger partial charge in [0, 0.05) is 5.02 Å². The van der Waals surface area contributed by atoms with Crippen molar-refractivity contribution in [2.24, 2.45) is 5.73 Å². The van der Waals surface area contributed by atoms with Crippen LogP contribution < -0.4 is 10.5 Å². The van der Waals surface area contributed by atoms with Crippen LogP contribution in [0, 0.1) is 0 Å². The van der Waals surface area contributed by atoms with Crippen molar-refractivity contribution in [3.8, 4) is 5.75 Å². The standard InChI is InChI=1S/C11H11ClF3NO2/c1-10(16,11(13,14)15)9(17)7-5-6(12)3-4-8(7)18-2/h3-5H,16H2,1-2H3. The van der Waals surface area contributed by atoms with E-state index in [1.165, 1.54) is 19.2 Å². The number of Topliss-reactive ketones (excluding diaryl/α,β-unsaturated/α-hetero) is 1. The molecule has 7 heteroatoms. The minimum Gasteiger partial charge on any atom is -0.496 e. The van der Waals surface area contributed by atoms with Gasteiger partial charge in [0.2, 0.25) is 0 Å². The topological polar surface area (TPSA) is 52.3 Å². The number of ether oxygens (including phenoxy) is 1. The van der Waals surface area contributed by atoms with Crippen LogP contribution in [0.25, 0.3) is 0 Å². The van der Waals surface area contributed by atoms with E-state index < -0.39 is 17.5 Å². The molecule has 0 aromatic heterocycles. The highest BCUT2D eigenvalue weighted by molar-refractivity contribution is 6.31. The largest absolute Gasteiger partial charge is 0.496 e. The van der Waals surface area contributed by atoms with Gasteiger partial charge in [-0.3, -0.25) is 4.79 Å². The molecule has 3 nitrogen and oxygen atoms in total. The van der Waals surface area contributed by atoms with Crippen molar-refractivity contribution in [2.75, 3.05) is 7.11 Å². The number of alkyl halides is 3. The van der Waals surface area contributed by atoms with Crippen LogP contribution in [0.2, 0.25) is 5.02 Å². The second kappa shape index (κ2) is 4.78. The Morgan fingerprint density at radius 3 is 2.39 bits per heavy atom. The van der Waals surface area contributed by atoms with Crippen LogP contribution in [0.5, 0.6) is 5.75 Å². The molecule has 0 bridgehead atoms. The first-order valence-corrected chi connectivity index (χ1v) is 5.23. The molecule has 100 valence electrons. The van der Waals surface area contributed by atoms with Gasteiger partial charge in [-0.2, -0.15) is 13.2 Å². The molecule has 1 aromatic carbocycles. The van der Waals surface area contributed by atoms with Gasteiger partial charge in [0.25, 0.3) is 0 Å². The molecule has 0 aliphatic heterocycles. The number of hydrogen-bond donors (Lipinski definition) is 1. The molecule has 18 heavy (non-hydrogen) atoms. The highest BCUT2D eigenvalue weighted by atomic mass is 35.5. The zero-order valence-corrected chi connectivity index (χ0v) is 10.4. The maximum atomic E-state index is 12.7. The predicted molar refractivity (Wildman–Crippen MR) is 61.0 cm³/mol. The summed E-state index contributed by atoms with van der Waals surface area (Å²) in [6.07, 6.45) is -4.86. The minimum absolute atomic E-state index is 0.00896. The molecule has 0 heterocycles. The van der Waals surface area contributed by atoms with E-state index in [1.54, 1.807) is 0 Å². The van der Waals surface area contributed by atoms with E-state index in [9.17, 15) is 18.0 Å². The molecule has 1 unspecified atom stereocenters. The van der Waals surface area contributed by atoms with E-state index in [4.69, 9.17) is 22.1 Å². The number of carbonyl (C=O) groups excluding carboxylic acids is 1. The van der Waals surface area contributed by atoms with Gasteiger partial charge >= 0.3 is 6.18 Å². The van der Waals surface area contributed by atoms with Crippen LogP contribution >= 0.6 is 11.6 Å². The Kier molecular flexibility index (Phi) is 3.92. The lowest BCUT2D eigenvalue weighted by atomic mass is 9.91. The highest BCUT2D eigenvalue weighted by Gasteiger charge is 2.54. The van der Waals surface area contributed by atoms with Gasteiger partial charge in [-0.1, -0.05) is 11.6 Å². The second-order valence-electron chi connectivity index (χ2n) is 3.87. The first kappa shape index (κ1) is 14.8. The Morgan fingerprint density at radius 2 is 1.94 bits per heavy atom. The minimum atomic E-state index is -4.86. The molecule has 1 rings (SSSR count). The smallest absolute Gasteiger partial charge is 0.413 e. The molecular formula is C11H11ClF3NO2. The molecule has 1 atom stereocenters. The summed E-state index contributed by atoms with van der Waals surface area (Å²) in [5.74, 6) is -1.31. The van der Waals surface area contributed by atoms with Gasteiger partial charge < -0.3 is 10.5 Å². The number of rotatable bonds is 3. The van der Waals surface area contributed by atoms with E-state index in [0.29, 0.717) is 6.92 Å². The summed E-state index contributed by atoms with van der Waals surface area (Å²) in [6, 6.07) is 3.81. The molecule has 0 radical (unpaired) electrons. The van der Waals surface area contributed by atoms with Gasteiger partial charge in [-0.05, 0) is 25.1 Å². The number of nitrogens with two attached hydrogens (primary N) is 1. The molecule has 2 N–H and O–H groups in total. The monoisotopic (exact) mass is 281 g/mol. The summed E-state index contributed by atoms with van der Waals surface area (Å²) in [6.45, 7) is 0.607. The summed E-state index contributed by atoms with van der Waals surface area (Å²) in [7, 11) is 1.24. The second-order valence-corrected chi connectivity index (χ2v) is 4.31. The van der Waals surface area contributed by atoms with Crippen molar-refractivity contribution in [3.63, 3.8) is 0 Å². The Balaban J connectivity index is 3.31. The molecule has 0 spiro atoms.